The van der Waals surface area contributed by atoms with E-state index in [0.717, 1.165) is 50.8 Å². The van der Waals surface area contributed by atoms with Crippen molar-refractivity contribution in [3.63, 3.8) is 0 Å². The third kappa shape index (κ3) is 4.76. The number of carbonyl (C=O) groups excluding carboxylic acids is 2. The van der Waals surface area contributed by atoms with Gasteiger partial charge in [-0.2, -0.15) is 0 Å². The molecule has 2 aliphatic heterocycles. The molecule has 4 aliphatic carbocycles. The third-order valence-corrected chi connectivity index (χ3v) is 13.3. The summed E-state index contributed by atoms with van der Waals surface area (Å²) in [6.07, 6.45) is 0.941. The van der Waals surface area contributed by atoms with Crippen molar-refractivity contribution in [1.82, 2.24) is 0 Å². The molecule has 6 aliphatic rings. The van der Waals surface area contributed by atoms with Gasteiger partial charge < -0.3 is 29.9 Å². The summed E-state index contributed by atoms with van der Waals surface area (Å²) in [5, 5.41) is 40.3. The number of aliphatic hydroxyl groups excluding tert-OH is 4. The van der Waals surface area contributed by atoms with Gasteiger partial charge in [-0.05, 0) is 85.4 Å². The van der Waals surface area contributed by atoms with E-state index in [1.54, 1.807) is 0 Å². The molecule has 0 unspecified atom stereocenters. The zero-order chi connectivity index (χ0) is 30.1. The van der Waals surface area contributed by atoms with Crippen molar-refractivity contribution >= 4 is 17.3 Å². The third-order valence-electron chi connectivity index (χ3n) is 13.3. The van der Waals surface area contributed by atoms with Crippen LogP contribution in [0.25, 0.3) is 0 Å². The number of rotatable bonds is 5. The molecule has 0 spiro atoms. The lowest BCUT2D eigenvalue weighted by atomic mass is 9.43. The normalized spacial score (nSPS) is 51.8. The van der Waals surface area contributed by atoms with E-state index in [-0.39, 0.29) is 34.6 Å². The van der Waals surface area contributed by atoms with Crippen molar-refractivity contribution in [2.24, 2.45) is 57.2 Å². The number of nitrogens with zero attached hydrogens (tertiary/aromatic N) is 1. The van der Waals surface area contributed by atoms with Crippen molar-refractivity contribution in [3.05, 3.63) is 0 Å². The van der Waals surface area contributed by atoms with E-state index in [1.165, 1.54) is 0 Å². The number of ketones is 2. The second kappa shape index (κ2) is 11.3. The van der Waals surface area contributed by atoms with E-state index in [0.29, 0.717) is 54.6 Å². The average molecular weight is 590 g/mol. The minimum atomic E-state index is -1.48. The van der Waals surface area contributed by atoms with Crippen LogP contribution in [0.4, 0.5) is 0 Å². The standard InChI is InChI=1S/C33H51NO8/c1-16-11-25(37)27(34-14-16)17(2)22-8-10-33(4)23-13-24(36)21-12-18(5-6-19(21)20(23)7-9-32(22,33)3)41-31-30(40)29(39)28(38)26(15-35)42-31/h16-23,26,28-31,35,38-40H,5-15H2,1-4H3/t16-,17+,18+,19-,20-,21+,22-,23-,26-,28-,29+,30-,31-,32-,33+/m1/s1. The van der Waals surface area contributed by atoms with Crippen LogP contribution < -0.4 is 0 Å². The molecular formula is C33H51NO8. The lowest BCUT2D eigenvalue weighted by Crippen LogP contribution is -2.60. The molecular weight excluding hydrogens is 538 g/mol. The van der Waals surface area contributed by atoms with Gasteiger partial charge in [0, 0.05) is 31.2 Å². The Balaban J connectivity index is 1.15. The maximum Gasteiger partial charge on any atom is 0.186 e. The van der Waals surface area contributed by atoms with E-state index in [2.05, 4.69) is 27.7 Å². The van der Waals surface area contributed by atoms with E-state index in [1.807, 2.05) is 0 Å². The summed E-state index contributed by atoms with van der Waals surface area (Å²) in [6.45, 7) is 9.44. The molecule has 15 atom stereocenters. The fourth-order valence-corrected chi connectivity index (χ4v) is 10.7. The van der Waals surface area contributed by atoms with Crippen LogP contribution in [0.2, 0.25) is 0 Å². The van der Waals surface area contributed by atoms with Gasteiger partial charge in [-0.25, -0.2) is 0 Å². The average Bonchev–Trinajstić information content (AvgIpc) is 3.24. The number of hydrogen-bond acceptors (Lipinski definition) is 9. The number of carbonyl (C=O) groups is 2. The van der Waals surface area contributed by atoms with Crippen LogP contribution in [0.3, 0.4) is 0 Å². The fraction of sp³-hybridized carbons (Fsp3) is 0.909. The van der Waals surface area contributed by atoms with Crippen molar-refractivity contribution in [1.29, 1.82) is 0 Å². The van der Waals surface area contributed by atoms with Crippen LogP contribution >= 0.6 is 0 Å². The Labute approximate surface area is 249 Å². The first-order chi connectivity index (χ1) is 19.9. The van der Waals surface area contributed by atoms with Gasteiger partial charge >= 0.3 is 0 Å². The minimum absolute atomic E-state index is 0.0463. The Morgan fingerprint density at radius 3 is 2.43 bits per heavy atom. The lowest BCUT2D eigenvalue weighted by molar-refractivity contribution is -0.314. The Morgan fingerprint density at radius 1 is 0.976 bits per heavy atom. The predicted octanol–water partition coefficient (Wildman–Crippen LogP) is 2.70. The zero-order valence-electron chi connectivity index (χ0n) is 25.7. The molecule has 4 saturated carbocycles. The molecule has 236 valence electrons. The Morgan fingerprint density at radius 2 is 1.71 bits per heavy atom. The Kier molecular flexibility index (Phi) is 8.27. The molecule has 9 heteroatoms. The molecule has 0 amide bonds. The van der Waals surface area contributed by atoms with Crippen LogP contribution in [-0.2, 0) is 19.1 Å². The highest BCUT2D eigenvalue weighted by atomic mass is 16.7. The van der Waals surface area contributed by atoms with Crippen LogP contribution in [0.5, 0.6) is 0 Å². The molecule has 1 saturated heterocycles. The first-order valence-electron chi connectivity index (χ1n) is 16.5. The minimum Gasteiger partial charge on any atom is -0.394 e. The van der Waals surface area contributed by atoms with Gasteiger partial charge in [-0.3, -0.25) is 14.6 Å². The topological polar surface area (TPSA) is 146 Å². The summed E-state index contributed by atoms with van der Waals surface area (Å²) >= 11 is 0. The molecule has 0 aromatic heterocycles. The van der Waals surface area contributed by atoms with E-state index in [9.17, 15) is 30.0 Å². The van der Waals surface area contributed by atoms with Gasteiger partial charge in [0.2, 0.25) is 0 Å². The number of ether oxygens (including phenoxy) is 2. The molecule has 0 bridgehead atoms. The van der Waals surface area contributed by atoms with Gasteiger partial charge in [0.05, 0.1) is 18.4 Å². The van der Waals surface area contributed by atoms with Gasteiger partial charge in [-0.15, -0.1) is 0 Å². The second-order valence-corrected chi connectivity index (χ2v) is 15.2. The number of fused-ring (bicyclic) bond motifs is 5. The van der Waals surface area contributed by atoms with Crippen LogP contribution in [-0.4, -0.2) is 87.7 Å². The maximum atomic E-state index is 13.8. The predicted molar refractivity (Wildman–Crippen MR) is 155 cm³/mol. The summed E-state index contributed by atoms with van der Waals surface area (Å²) in [5.41, 5.74) is 0.920. The molecule has 0 radical (unpaired) electrons. The van der Waals surface area contributed by atoms with E-state index >= 15 is 0 Å². The monoisotopic (exact) mass is 589 g/mol. The summed E-state index contributed by atoms with van der Waals surface area (Å²) in [4.78, 5) is 31.6. The van der Waals surface area contributed by atoms with Crippen molar-refractivity contribution < 1.29 is 39.5 Å². The lowest BCUT2D eigenvalue weighted by Gasteiger charge is -2.61. The molecule has 6 rings (SSSR count). The number of aliphatic imine (C=N–C) groups is 1. The summed E-state index contributed by atoms with van der Waals surface area (Å²) < 4.78 is 11.7. The van der Waals surface area contributed by atoms with Gasteiger partial charge in [0.1, 0.15) is 30.2 Å². The molecule has 42 heavy (non-hydrogen) atoms. The maximum absolute atomic E-state index is 13.8. The van der Waals surface area contributed by atoms with E-state index < -0.39 is 37.3 Å². The first-order valence-corrected chi connectivity index (χ1v) is 16.5. The molecule has 0 aromatic carbocycles. The zero-order valence-corrected chi connectivity index (χ0v) is 25.7. The number of aliphatic hydroxyl groups is 4. The highest BCUT2D eigenvalue weighted by Gasteiger charge is 2.65. The number of hydrogen-bond donors (Lipinski definition) is 4. The van der Waals surface area contributed by atoms with Crippen LogP contribution in [0, 0.1) is 52.3 Å². The Bertz CT molecular complexity index is 1090. The summed E-state index contributed by atoms with van der Waals surface area (Å²) in [7, 11) is 0. The van der Waals surface area contributed by atoms with Crippen LogP contribution in [0.1, 0.15) is 85.5 Å². The highest BCUT2D eigenvalue weighted by molar-refractivity contribution is 6.41. The van der Waals surface area contributed by atoms with E-state index in [4.69, 9.17) is 14.5 Å². The Hall–Kier alpha value is -1.23. The van der Waals surface area contributed by atoms with Crippen molar-refractivity contribution in [3.8, 4) is 0 Å². The van der Waals surface area contributed by atoms with Gasteiger partial charge in [0.25, 0.3) is 0 Å². The second-order valence-electron chi connectivity index (χ2n) is 15.2. The van der Waals surface area contributed by atoms with Crippen molar-refractivity contribution in [2.75, 3.05) is 13.2 Å². The highest BCUT2D eigenvalue weighted by Crippen LogP contribution is 2.71. The quantitative estimate of drug-likeness (QED) is 0.358. The fourth-order valence-electron chi connectivity index (χ4n) is 10.7. The molecule has 2 heterocycles. The SMILES string of the molecule is C[C@H]1CN=C([C@@H](C)[C@H]2CC[C@@]3(C)[C@@H]4CC(=O)[C@H]5C[C@@H](O[C@@H]6O[C@H](CO)[C@@H](O)[C@H](O)[C@H]6O)CC[C@@H]5[C@H]4CC[C@]23C)C(=O)C1. The number of Topliss-reactive ketones (excluding diaryl/α,β-unsaturated/α-hetero) is 2. The van der Waals surface area contributed by atoms with Crippen molar-refractivity contribution in [2.45, 2.75) is 122 Å². The van der Waals surface area contributed by atoms with Gasteiger partial charge in [-0.1, -0.05) is 27.7 Å². The molecule has 9 nitrogen and oxygen atoms in total. The first kappa shape index (κ1) is 30.8. The summed E-state index contributed by atoms with van der Waals surface area (Å²) in [6, 6.07) is 0. The molecule has 4 N–H and O–H groups in total. The van der Waals surface area contributed by atoms with Gasteiger partial charge in [0.15, 0.2) is 12.1 Å². The molecule has 0 aromatic rings. The smallest absolute Gasteiger partial charge is 0.186 e. The van der Waals surface area contributed by atoms with Crippen LogP contribution in [0.15, 0.2) is 4.99 Å². The summed E-state index contributed by atoms with van der Waals surface area (Å²) in [5.74, 6) is 2.47. The molecule has 5 fully saturated rings. The largest absolute Gasteiger partial charge is 0.394 e.